The molecule has 1 fully saturated rings. The molecule has 1 radical (unpaired) electrons. The van der Waals surface area contributed by atoms with E-state index in [9.17, 15) is 5.11 Å². The van der Waals surface area contributed by atoms with Crippen LogP contribution >= 0.6 is 23.2 Å². The Morgan fingerprint density at radius 2 is 2.12 bits per heavy atom. The van der Waals surface area contributed by atoms with Gasteiger partial charge in [0, 0.05) is 5.92 Å². The average Bonchev–Trinajstić information content (AvgIpc) is 2.13. The van der Waals surface area contributed by atoms with Crippen LogP contribution < -0.4 is 0 Å². The van der Waals surface area contributed by atoms with Gasteiger partial charge in [-0.3, -0.25) is 0 Å². The van der Waals surface area contributed by atoms with Crippen LogP contribution in [0.2, 0.25) is 0 Å². The molecular weight excluding hydrogens is 147 g/mol. The Morgan fingerprint density at radius 1 is 1.75 bits per heavy atom. The van der Waals surface area contributed by atoms with Gasteiger partial charge in [0.15, 0.2) is 0 Å². The van der Waals surface area contributed by atoms with E-state index in [0.29, 0.717) is 6.42 Å². The molecule has 0 saturated heterocycles. The SMILES string of the molecule is CC([O])C1CC1(Cl)Cl. The van der Waals surface area contributed by atoms with Crippen molar-refractivity contribution in [2.75, 3.05) is 0 Å². The van der Waals surface area contributed by atoms with E-state index in [1.807, 2.05) is 0 Å². The lowest BCUT2D eigenvalue weighted by atomic mass is 10.3. The van der Waals surface area contributed by atoms with Crippen molar-refractivity contribution in [3.8, 4) is 0 Å². The van der Waals surface area contributed by atoms with Crippen molar-refractivity contribution in [3.05, 3.63) is 0 Å². The lowest BCUT2D eigenvalue weighted by molar-refractivity contribution is 0.0855. The lowest BCUT2D eigenvalue weighted by Crippen LogP contribution is -2.05. The van der Waals surface area contributed by atoms with Crippen LogP contribution in [-0.2, 0) is 5.11 Å². The first-order chi connectivity index (χ1) is 3.54. The molecule has 0 aromatic rings. The molecule has 0 amide bonds. The van der Waals surface area contributed by atoms with Crippen LogP contribution in [-0.4, -0.2) is 10.4 Å². The summed E-state index contributed by atoms with van der Waals surface area (Å²) in [6, 6.07) is 0. The van der Waals surface area contributed by atoms with Crippen LogP contribution in [0.1, 0.15) is 13.3 Å². The smallest absolute Gasteiger partial charge is 0.124 e. The maximum atomic E-state index is 10.5. The molecule has 1 saturated carbocycles. The minimum absolute atomic E-state index is 0.00849. The Balaban J connectivity index is 2.37. The lowest BCUT2D eigenvalue weighted by Gasteiger charge is -1.97. The van der Waals surface area contributed by atoms with E-state index in [2.05, 4.69) is 0 Å². The molecule has 0 N–H and O–H groups in total. The quantitative estimate of drug-likeness (QED) is 0.514. The molecule has 1 aliphatic rings. The maximum absolute atomic E-state index is 10.5. The molecule has 47 valence electrons. The van der Waals surface area contributed by atoms with Gasteiger partial charge >= 0.3 is 0 Å². The molecule has 2 atom stereocenters. The largest absolute Gasteiger partial charge is 0.233 e. The Kier molecular flexibility index (Phi) is 1.46. The van der Waals surface area contributed by atoms with Gasteiger partial charge in [-0.2, -0.15) is 0 Å². The van der Waals surface area contributed by atoms with Crippen LogP contribution in [0.5, 0.6) is 0 Å². The Morgan fingerprint density at radius 3 is 2.12 bits per heavy atom. The summed E-state index contributed by atoms with van der Waals surface area (Å²) in [5.41, 5.74) is 0. The Hall–Kier alpha value is 0.540. The van der Waals surface area contributed by atoms with E-state index >= 15 is 0 Å². The number of hydrogen-bond acceptors (Lipinski definition) is 0. The zero-order chi connectivity index (χ0) is 6.36. The highest BCUT2D eigenvalue weighted by molar-refractivity contribution is 6.50. The first kappa shape index (κ1) is 6.66. The van der Waals surface area contributed by atoms with E-state index in [0.717, 1.165) is 0 Å². The number of halogens is 2. The molecule has 8 heavy (non-hydrogen) atoms. The van der Waals surface area contributed by atoms with Crippen molar-refractivity contribution in [1.29, 1.82) is 0 Å². The molecule has 1 rings (SSSR count). The number of alkyl halides is 2. The number of hydrogen-bond donors (Lipinski definition) is 0. The van der Waals surface area contributed by atoms with Gasteiger partial charge in [0.1, 0.15) is 4.33 Å². The second kappa shape index (κ2) is 1.76. The fourth-order valence-electron chi connectivity index (χ4n) is 0.744. The van der Waals surface area contributed by atoms with E-state index in [1.54, 1.807) is 6.92 Å². The monoisotopic (exact) mass is 153 g/mol. The fourth-order valence-corrected chi connectivity index (χ4v) is 1.43. The van der Waals surface area contributed by atoms with Gasteiger partial charge in [0.25, 0.3) is 0 Å². The van der Waals surface area contributed by atoms with Crippen LogP contribution in [0, 0.1) is 5.92 Å². The molecule has 0 spiro atoms. The van der Waals surface area contributed by atoms with Gasteiger partial charge in [0.05, 0.1) is 6.10 Å². The van der Waals surface area contributed by atoms with Crippen LogP contribution in [0.3, 0.4) is 0 Å². The van der Waals surface area contributed by atoms with Crippen molar-refractivity contribution >= 4 is 23.2 Å². The van der Waals surface area contributed by atoms with Gasteiger partial charge < -0.3 is 0 Å². The zero-order valence-electron chi connectivity index (χ0n) is 4.53. The molecule has 0 bridgehead atoms. The summed E-state index contributed by atoms with van der Waals surface area (Å²) in [4.78, 5) is 0. The second-order valence-corrected chi connectivity index (χ2v) is 3.82. The molecule has 1 aliphatic carbocycles. The maximum Gasteiger partial charge on any atom is 0.124 e. The highest BCUT2D eigenvalue weighted by Gasteiger charge is 2.54. The molecular formula is C5H7Cl2O. The zero-order valence-corrected chi connectivity index (χ0v) is 6.04. The summed E-state index contributed by atoms with van der Waals surface area (Å²) < 4.78 is -0.679. The topological polar surface area (TPSA) is 19.9 Å². The second-order valence-electron chi connectivity index (χ2n) is 2.28. The highest BCUT2D eigenvalue weighted by atomic mass is 35.5. The summed E-state index contributed by atoms with van der Waals surface area (Å²) in [6.07, 6.45) is 0.0610. The van der Waals surface area contributed by atoms with E-state index < -0.39 is 10.4 Å². The minimum atomic E-state index is -0.679. The van der Waals surface area contributed by atoms with Gasteiger partial charge in [-0.15, -0.1) is 23.2 Å². The van der Waals surface area contributed by atoms with Crippen molar-refractivity contribution in [3.63, 3.8) is 0 Å². The fraction of sp³-hybridized carbons (Fsp3) is 1.00. The predicted molar refractivity (Wildman–Crippen MR) is 32.7 cm³/mol. The van der Waals surface area contributed by atoms with E-state index in [4.69, 9.17) is 23.2 Å². The normalized spacial score (nSPS) is 36.8. The third-order valence-corrected chi connectivity index (χ3v) is 2.31. The van der Waals surface area contributed by atoms with Crippen molar-refractivity contribution < 1.29 is 5.11 Å². The van der Waals surface area contributed by atoms with Gasteiger partial charge in [-0.05, 0) is 13.3 Å². The van der Waals surface area contributed by atoms with Crippen molar-refractivity contribution in [2.24, 2.45) is 5.92 Å². The molecule has 1 nitrogen and oxygen atoms in total. The van der Waals surface area contributed by atoms with Gasteiger partial charge in [-0.1, -0.05) is 0 Å². The molecule has 3 heteroatoms. The first-order valence-corrected chi connectivity index (χ1v) is 3.33. The molecule has 0 heterocycles. The summed E-state index contributed by atoms with van der Waals surface area (Å²) in [5, 5.41) is 10.5. The third kappa shape index (κ3) is 1.09. The average molecular weight is 154 g/mol. The number of rotatable bonds is 1. The summed E-state index contributed by atoms with van der Waals surface area (Å²) in [7, 11) is 0. The van der Waals surface area contributed by atoms with Crippen LogP contribution in [0.15, 0.2) is 0 Å². The predicted octanol–water partition coefficient (Wildman–Crippen LogP) is 2.00. The van der Waals surface area contributed by atoms with Crippen LogP contribution in [0.4, 0.5) is 0 Å². The molecule has 0 aromatic carbocycles. The summed E-state index contributed by atoms with van der Waals surface area (Å²) in [6.45, 7) is 1.59. The van der Waals surface area contributed by atoms with Crippen LogP contribution in [0.25, 0.3) is 0 Å². The minimum Gasteiger partial charge on any atom is -0.233 e. The standard InChI is InChI=1S/C5H7Cl2O/c1-3(8)4-2-5(4,6)7/h3-4H,2H2,1H3. The third-order valence-electron chi connectivity index (χ3n) is 1.44. The van der Waals surface area contributed by atoms with Crippen molar-refractivity contribution in [2.45, 2.75) is 23.8 Å². The first-order valence-electron chi connectivity index (χ1n) is 2.57. The van der Waals surface area contributed by atoms with E-state index in [1.165, 1.54) is 0 Å². The highest BCUT2D eigenvalue weighted by Crippen LogP contribution is 2.54. The summed E-state index contributed by atoms with van der Waals surface area (Å²) >= 11 is 11.1. The van der Waals surface area contributed by atoms with E-state index in [-0.39, 0.29) is 5.92 Å². The van der Waals surface area contributed by atoms with Gasteiger partial charge in [0.2, 0.25) is 0 Å². The van der Waals surface area contributed by atoms with Crippen molar-refractivity contribution in [1.82, 2.24) is 0 Å². The van der Waals surface area contributed by atoms with Gasteiger partial charge in [-0.25, -0.2) is 5.11 Å². The molecule has 0 aliphatic heterocycles. The molecule has 0 aromatic heterocycles. The Bertz CT molecular complexity index is 101. The summed E-state index contributed by atoms with van der Waals surface area (Å²) in [5.74, 6) is -0.00849. The molecule has 2 unspecified atom stereocenters. The Labute approximate surface area is 58.6 Å².